The molecule has 1 fully saturated rings. The van der Waals surface area contributed by atoms with Crippen LogP contribution in [-0.4, -0.2) is 15.2 Å². The van der Waals surface area contributed by atoms with Gasteiger partial charge in [0.1, 0.15) is 11.6 Å². The van der Waals surface area contributed by atoms with Crippen LogP contribution in [0.4, 0.5) is 27.5 Å². The number of hydrogen-bond acceptors (Lipinski definition) is 5. The second-order valence-corrected chi connectivity index (χ2v) is 7.50. The molecule has 3 aromatic rings. The molecule has 140 valence electrons. The van der Waals surface area contributed by atoms with Crippen molar-refractivity contribution in [1.29, 1.82) is 0 Å². The molecule has 7 heteroatoms. The van der Waals surface area contributed by atoms with E-state index in [2.05, 4.69) is 25.8 Å². The minimum atomic E-state index is -0.431. The maximum Gasteiger partial charge on any atom is 0.157 e. The topological polar surface area (TPSA) is 91.7 Å². The van der Waals surface area contributed by atoms with E-state index < -0.39 is 5.54 Å². The number of benzene rings is 1. The smallest absolute Gasteiger partial charge is 0.157 e. The van der Waals surface area contributed by atoms with Crippen LogP contribution in [0.1, 0.15) is 43.9 Å². The first-order valence-electron chi connectivity index (χ1n) is 9.04. The van der Waals surface area contributed by atoms with Crippen molar-refractivity contribution in [2.24, 2.45) is 0 Å². The third-order valence-electron chi connectivity index (χ3n) is 4.79. The molecule has 0 atom stereocenters. The van der Waals surface area contributed by atoms with Gasteiger partial charge in [0, 0.05) is 17.7 Å². The predicted octanol–water partition coefficient (Wildman–Crippen LogP) is 4.49. The van der Waals surface area contributed by atoms with Crippen molar-refractivity contribution in [3.63, 3.8) is 0 Å². The molecular formula is C20H23FN6. The number of nitrogens with two attached hydrogens (primary N) is 1. The number of halogens is 1. The molecule has 0 amide bonds. The Bertz CT molecular complexity index is 943. The Morgan fingerprint density at radius 2 is 1.85 bits per heavy atom. The van der Waals surface area contributed by atoms with Crippen molar-refractivity contribution in [2.45, 2.75) is 38.1 Å². The van der Waals surface area contributed by atoms with Crippen LogP contribution in [0.2, 0.25) is 0 Å². The molecule has 0 aliphatic heterocycles. The molecule has 6 nitrogen and oxygen atoms in total. The minimum Gasteiger partial charge on any atom is -0.396 e. The molecule has 27 heavy (non-hydrogen) atoms. The van der Waals surface area contributed by atoms with Crippen molar-refractivity contribution in [2.75, 3.05) is 16.4 Å². The number of nitrogen functional groups attached to an aromatic ring is 1. The Kier molecular flexibility index (Phi) is 4.22. The van der Waals surface area contributed by atoms with E-state index in [4.69, 9.17) is 5.73 Å². The highest BCUT2D eigenvalue weighted by Gasteiger charge is 2.26. The van der Waals surface area contributed by atoms with Gasteiger partial charge in [0.25, 0.3) is 0 Å². The fraction of sp³-hybridized carbons (Fsp3) is 0.300. The molecule has 0 saturated heterocycles. The average molecular weight is 366 g/mol. The predicted molar refractivity (Wildman–Crippen MR) is 106 cm³/mol. The van der Waals surface area contributed by atoms with Gasteiger partial charge >= 0.3 is 0 Å². The summed E-state index contributed by atoms with van der Waals surface area (Å²) >= 11 is 0. The van der Waals surface area contributed by atoms with Gasteiger partial charge in [-0.15, -0.1) is 0 Å². The molecule has 0 unspecified atom stereocenters. The lowest BCUT2D eigenvalue weighted by Gasteiger charge is -2.28. The number of nitrogens with one attached hydrogen (secondary N) is 3. The van der Waals surface area contributed by atoms with E-state index >= 15 is 0 Å². The molecule has 0 bridgehead atoms. The SMILES string of the molecule is CC(C)(Nc1ccc(N)c(Nc2cc(C3CC3)[nH]n2)n1)c1ccc(F)cc1. The Balaban J connectivity index is 1.53. The van der Waals surface area contributed by atoms with E-state index in [1.54, 1.807) is 18.2 Å². The number of aromatic amines is 1. The van der Waals surface area contributed by atoms with Crippen LogP contribution in [0.5, 0.6) is 0 Å². The zero-order chi connectivity index (χ0) is 19.0. The van der Waals surface area contributed by atoms with Gasteiger partial charge in [0.05, 0.1) is 11.2 Å². The normalized spacial score (nSPS) is 14.2. The lowest BCUT2D eigenvalue weighted by atomic mass is 9.94. The lowest BCUT2D eigenvalue weighted by Crippen LogP contribution is -2.28. The maximum absolute atomic E-state index is 13.2. The van der Waals surface area contributed by atoms with E-state index in [0.29, 0.717) is 29.1 Å². The van der Waals surface area contributed by atoms with Gasteiger partial charge in [0.2, 0.25) is 0 Å². The van der Waals surface area contributed by atoms with E-state index in [-0.39, 0.29) is 5.82 Å². The number of anilines is 4. The summed E-state index contributed by atoms with van der Waals surface area (Å²) in [6.07, 6.45) is 2.42. The van der Waals surface area contributed by atoms with Crippen LogP contribution >= 0.6 is 0 Å². The number of rotatable bonds is 6. The molecule has 1 aromatic carbocycles. The fourth-order valence-electron chi connectivity index (χ4n) is 3.02. The molecular weight excluding hydrogens is 343 g/mol. The van der Waals surface area contributed by atoms with Crippen molar-refractivity contribution in [1.82, 2.24) is 15.2 Å². The van der Waals surface area contributed by atoms with Gasteiger partial charge in [-0.05, 0) is 56.5 Å². The summed E-state index contributed by atoms with van der Waals surface area (Å²) in [5, 5.41) is 13.9. The van der Waals surface area contributed by atoms with Crippen LogP contribution in [0, 0.1) is 5.82 Å². The van der Waals surface area contributed by atoms with Gasteiger partial charge in [-0.1, -0.05) is 12.1 Å². The first-order chi connectivity index (χ1) is 12.9. The quantitative estimate of drug-likeness (QED) is 0.516. The Hall–Kier alpha value is -3.09. The van der Waals surface area contributed by atoms with E-state index in [0.717, 1.165) is 11.3 Å². The molecule has 1 saturated carbocycles. The van der Waals surface area contributed by atoms with Gasteiger partial charge in [-0.3, -0.25) is 5.10 Å². The summed E-state index contributed by atoms with van der Waals surface area (Å²) in [6.45, 7) is 4.03. The maximum atomic E-state index is 13.2. The van der Waals surface area contributed by atoms with Gasteiger partial charge in [0.15, 0.2) is 11.6 Å². The summed E-state index contributed by atoms with van der Waals surface area (Å²) in [5.74, 6) is 2.26. The molecule has 1 aliphatic rings. The Morgan fingerprint density at radius 1 is 1.11 bits per heavy atom. The molecule has 4 rings (SSSR count). The Morgan fingerprint density at radius 3 is 2.56 bits per heavy atom. The van der Waals surface area contributed by atoms with E-state index in [1.807, 2.05) is 26.0 Å². The highest BCUT2D eigenvalue weighted by Crippen LogP contribution is 2.39. The summed E-state index contributed by atoms with van der Waals surface area (Å²) in [6, 6.07) is 12.1. The number of pyridine rings is 1. The zero-order valence-electron chi connectivity index (χ0n) is 15.4. The standard InChI is InChI=1S/C20H23FN6/c1-20(2,13-5-7-14(21)8-6-13)25-17-10-9-15(22)19(23-17)24-18-11-16(26-27-18)12-3-4-12/h5-12H,3-4,22H2,1-2H3,(H3,23,24,25,26,27). The van der Waals surface area contributed by atoms with Gasteiger partial charge in [-0.2, -0.15) is 5.10 Å². The third-order valence-corrected chi connectivity index (χ3v) is 4.79. The number of H-pyrrole nitrogens is 1. The van der Waals surface area contributed by atoms with Crippen LogP contribution in [-0.2, 0) is 5.54 Å². The van der Waals surface area contributed by atoms with E-state index in [9.17, 15) is 4.39 Å². The lowest BCUT2D eigenvalue weighted by molar-refractivity contribution is 0.595. The third kappa shape index (κ3) is 3.86. The van der Waals surface area contributed by atoms with Crippen molar-refractivity contribution in [3.8, 4) is 0 Å². The zero-order valence-corrected chi connectivity index (χ0v) is 15.4. The number of nitrogens with zero attached hydrogens (tertiary/aromatic N) is 2. The summed E-state index contributed by atoms with van der Waals surface area (Å²) in [5.41, 5.74) is 8.28. The Labute approximate surface area is 157 Å². The first-order valence-corrected chi connectivity index (χ1v) is 9.04. The molecule has 2 aromatic heterocycles. The van der Waals surface area contributed by atoms with Crippen molar-refractivity contribution < 1.29 is 4.39 Å². The highest BCUT2D eigenvalue weighted by molar-refractivity contribution is 5.69. The summed E-state index contributed by atoms with van der Waals surface area (Å²) in [7, 11) is 0. The van der Waals surface area contributed by atoms with Crippen LogP contribution in [0.25, 0.3) is 0 Å². The highest BCUT2D eigenvalue weighted by atomic mass is 19.1. The first kappa shape index (κ1) is 17.3. The van der Waals surface area contributed by atoms with Crippen molar-refractivity contribution in [3.05, 3.63) is 59.5 Å². The molecule has 1 aliphatic carbocycles. The summed E-state index contributed by atoms with van der Waals surface area (Å²) in [4.78, 5) is 4.59. The monoisotopic (exact) mass is 366 g/mol. The van der Waals surface area contributed by atoms with E-state index in [1.165, 1.54) is 25.0 Å². The minimum absolute atomic E-state index is 0.254. The largest absolute Gasteiger partial charge is 0.396 e. The fourth-order valence-corrected chi connectivity index (χ4v) is 3.02. The van der Waals surface area contributed by atoms with Gasteiger partial charge < -0.3 is 16.4 Å². The average Bonchev–Trinajstić information content (AvgIpc) is 3.38. The number of aromatic nitrogens is 3. The van der Waals surface area contributed by atoms with Crippen LogP contribution in [0.15, 0.2) is 42.5 Å². The molecule has 2 heterocycles. The molecule has 0 radical (unpaired) electrons. The molecule has 0 spiro atoms. The second kappa shape index (κ2) is 6.57. The number of hydrogen-bond donors (Lipinski definition) is 4. The van der Waals surface area contributed by atoms with Crippen LogP contribution < -0.4 is 16.4 Å². The van der Waals surface area contributed by atoms with Gasteiger partial charge in [-0.25, -0.2) is 9.37 Å². The molecule has 5 N–H and O–H groups in total. The summed E-state index contributed by atoms with van der Waals surface area (Å²) < 4.78 is 13.2. The second-order valence-electron chi connectivity index (χ2n) is 7.50. The van der Waals surface area contributed by atoms with Crippen molar-refractivity contribution >= 4 is 23.1 Å². The van der Waals surface area contributed by atoms with Crippen LogP contribution in [0.3, 0.4) is 0 Å².